The number of nitrogens with zero attached hydrogens (tertiary/aromatic N) is 1. The number of hydrogen-bond acceptors (Lipinski definition) is 5. The second kappa shape index (κ2) is 9.36. The van der Waals surface area contributed by atoms with E-state index < -0.39 is 17.7 Å². The molecule has 0 saturated carbocycles. The second-order valence-corrected chi connectivity index (χ2v) is 9.01. The van der Waals surface area contributed by atoms with Crippen molar-refractivity contribution in [2.45, 2.75) is 19.5 Å². The summed E-state index contributed by atoms with van der Waals surface area (Å²) in [5.41, 5.74) is 0.860. The van der Waals surface area contributed by atoms with E-state index in [1.165, 1.54) is 16.2 Å². The Hall–Kier alpha value is -2.80. The maximum atomic E-state index is 13.1. The van der Waals surface area contributed by atoms with Gasteiger partial charge in [0.25, 0.3) is 11.7 Å². The molecular formula is C24H19Cl2NO4S. The van der Waals surface area contributed by atoms with Crippen molar-refractivity contribution in [3.63, 3.8) is 0 Å². The third kappa shape index (κ3) is 4.26. The van der Waals surface area contributed by atoms with Gasteiger partial charge in [0.2, 0.25) is 0 Å². The summed E-state index contributed by atoms with van der Waals surface area (Å²) in [6, 6.07) is 14.7. The first kappa shape index (κ1) is 22.4. The number of likely N-dealkylation sites (tertiary alicyclic amines) is 1. The molecule has 4 rings (SSSR count). The molecule has 1 amide bonds. The van der Waals surface area contributed by atoms with Crippen molar-refractivity contribution in [1.29, 1.82) is 0 Å². The molecule has 1 N–H and O–H groups in total. The van der Waals surface area contributed by atoms with Gasteiger partial charge in [-0.3, -0.25) is 9.59 Å². The van der Waals surface area contributed by atoms with Crippen LogP contribution in [0.5, 0.6) is 5.75 Å². The minimum Gasteiger partial charge on any atom is -0.507 e. The summed E-state index contributed by atoms with van der Waals surface area (Å²) < 4.78 is 5.51. The summed E-state index contributed by atoms with van der Waals surface area (Å²) in [6.07, 6.45) is 0. The van der Waals surface area contributed by atoms with E-state index in [0.717, 1.165) is 4.88 Å². The molecule has 1 unspecified atom stereocenters. The first-order valence-corrected chi connectivity index (χ1v) is 11.5. The van der Waals surface area contributed by atoms with Crippen LogP contribution in [0.15, 0.2) is 65.6 Å². The molecule has 1 aliphatic rings. The van der Waals surface area contributed by atoms with Gasteiger partial charge in [-0.15, -0.1) is 11.3 Å². The van der Waals surface area contributed by atoms with Gasteiger partial charge < -0.3 is 14.7 Å². The number of carbonyl (C=O) groups excluding carboxylic acids is 2. The van der Waals surface area contributed by atoms with Crippen molar-refractivity contribution in [3.05, 3.63) is 91.6 Å². The topological polar surface area (TPSA) is 66.8 Å². The zero-order valence-electron chi connectivity index (χ0n) is 17.0. The van der Waals surface area contributed by atoms with Crippen molar-refractivity contribution in [2.75, 3.05) is 6.61 Å². The summed E-state index contributed by atoms with van der Waals surface area (Å²) in [6.45, 7) is 2.50. The zero-order valence-corrected chi connectivity index (χ0v) is 19.4. The van der Waals surface area contributed by atoms with Gasteiger partial charge >= 0.3 is 0 Å². The van der Waals surface area contributed by atoms with Gasteiger partial charge in [0.05, 0.1) is 29.8 Å². The van der Waals surface area contributed by atoms with Crippen LogP contribution in [-0.2, 0) is 16.1 Å². The van der Waals surface area contributed by atoms with Gasteiger partial charge in [0, 0.05) is 15.5 Å². The van der Waals surface area contributed by atoms with Crippen LogP contribution in [0.2, 0.25) is 10.0 Å². The average molecular weight is 488 g/mol. The van der Waals surface area contributed by atoms with E-state index >= 15 is 0 Å². The predicted molar refractivity (Wildman–Crippen MR) is 126 cm³/mol. The number of Topliss-reactive ketones (excluding diaryl/α,β-unsaturated/α-hetero) is 1. The van der Waals surface area contributed by atoms with E-state index in [2.05, 4.69) is 0 Å². The van der Waals surface area contributed by atoms with E-state index in [1.807, 2.05) is 24.4 Å². The zero-order chi connectivity index (χ0) is 22.8. The molecule has 1 saturated heterocycles. The van der Waals surface area contributed by atoms with Crippen molar-refractivity contribution in [3.8, 4) is 5.75 Å². The molecule has 5 nitrogen and oxygen atoms in total. The lowest BCUT2D eigenvalue weighted by Gasteiger charge is -2.25. The SMILES string of the molecule is CCOc1ccc(Cl)c(/C(O)=C2\C(=O)C(=O)N(Cc3cccs3)C2c2ccc(Cl)cc2)c1. The van der Waals surface area contributed by atoms with E-state index in [-0.39, 0.29) is 28.5 Å². The fourth-order valence-corrected chi connectivity index (χ4v) is 4.73. The number of amides is 1. The molecule has 1 aliphatic heterocycles. The molecule has 0 spiro atoms. The molecule has 164 valence electrons. The van der Waals surface area contributed by atoms with Crippen molar-refractivity contribution < 1.29 is 19.4 Å². The Kier molecular flexibility index (Phi) is 6.55. The summed E-state index contributed by atoms with van der Waals surface area (Å²) in [5.74, 6) is -1.30. The van der Waals surface area contributed by atoms with Crippen molar-refractivity contribution in [2.24, 2.45) is 0 Å². The number of aliphatic hydroxyl groups is 1. The highest BCUT2D eigenvalue weighted by molar-refractivity contribution is 7.09. The molecule has 2 aromatic carbocycles. The smallest absolute Gasteiger partial charge is 0.295 e. The third-order valence-electron chi connectivity index (χ3n) is 5.14. The molecule has 0 bridgehead atoms. The van der Waals surface area contributed by atoms with Crippen LogP contribution in [0.3, 0.4) is 0 Å². The number of rotatable bonds is 6. The van der Waals surface area contributed by atoms with Crippen LogP contribution in [-0.4, -0.2) is 28.3 Å². The minimum absolute atomic E-state index is 0.0237. The van der Waals surface area contributed by atoms with Gasteiger partial charge in [-0.2, -0.15) is 0 Å². The monoisotopic (exact) mass is 487 g/mol. The molecule has 1 aromatic heterocycles. The van der Waals surface area contributed by atoms with Crippen LogP contribution in [0, 0.1) is 0 Å². The van der Waals surface area contributed by atoms with Crippen LogP contribution < -0.4 is 4.74 Å². The molecule has 1 atom stereocenters. The molecule has 1 fully saturated rings. The first-order valence-electron chi connectivity index (χ1n) is 9.89. The van der Waals surface area contributed by atoms with E-state index in [9.17, 15) is 14.7 Å². The Morgan fingerprint density at radius 3 is 2.53 bits per heavy atom. The highest BCUT2D eigenvalue weighted by Crippen LogP contribution is 2.42. The molecule has 2 heterocycles. The molecule has 32 heavy (non-hydrogen) atoms. The van der Waals surface area contributed by atoms with Crippen LogP contribution in [0.25, 0.3) is 5.76 Å². The minimum atomic E-state index is -0.791. The third-order valence-corrected chi connectivity index (χ3v) is 6.58. The van der Waals surface area contributed by atoms with E-state index in [0.29, 0.717) is 22.9 Å². The normalized spacial score (nSPS) is 17.7. The van der Waals surface area contributed by atoms with Crippen LogP contribution in [0.1, 0.15) is 29.0 Å². The predicted octanol–water partition coefficient (Wildman–Crippen LogP) is 6.08. The molecule has 0 aliphatic carbocycles. The highest BCUT2D eigenvalue weighted by atomic mass is 35.5. The number of hydrogen-bond donors (Lipinski definition) is 1. The number of halogens is 2. The number of aliphatic hydroxyl groups excluding tert-OH is 1. The molecule has 8 heteroatoms. The van der Waals surface area contributed by atoms with Crippen LogP contribution in [0.4, 0.5) is 0 Å². The number of ketones is 1. The molecular weight excluding hydrogens is 469 g/mol. The Bertz CT molecular complexity index is 1190. The highest BCUT2D eigenvalue weighted by Gasteiger charge is 2.46. The van der Waals surface area contributed by atoms with Gasteiger partial charge in [-0.1, -0.05) is 41.4 Å². The Morgan fingerprint density at radius 1 is 1.12 bits per heavy atom. The van der Waals surface area contributed by atoms with Gasteiger partial charge in [0.15, 0.2) is 0 Å². The largest absolute Gasteiger partial charge is 0.507 e. The number of thiophene rings is 1. The Morgan fingerprint density at radius 2 is 1.88 bits per heavy atom. The first-order chi connectivity index (χ1) is 15.4. The van der Waals surface area contributed by atoms with E-state index in [4.69, 9.17) is 27.9 Å². The lowest BCUT2D eigenvalue weighted by molar-refractivity contribution is -0.140. The fraction of sp³-hybridized carbons (Fsp3) is 0.167. The lowest BCUT2D eigenvalue weighted by Crippen LogP contribution is -2.28. The van der Waals surface area contributed by atoms with Crippen LogP contribution >= 0.6 is 34.5 Å². The standard InChI is InChI=1S/C24H19Cl2NO4S/c1-2-31-16-9-10-19(26)18(12-16)22(28)20-21(14-5-7-15(25)8-6-14)27(24(30)23(20)29)13-17-4-3-11-32-17/h3-12,21,28H,2,13H2,1H3/b22-20+. The fourth-order valence-electron chi connectivity index (χ4n) is 3.69. The Labute approximate surface area is 199 Å². The van der Waals surface area contributed by atoms with Gasteiger partial charge in [-0.25, -0.2) is 0 Å². The average Bonchev–Trinajstić information content (AvgIpc) is 3.38. The number of ether oxygens (including phenoxy) is 1. The maximum Gasteiger partial charge on any atom is 0.295 e. The summed E-state index contributed by atoms with van der Waals surface area (Å²) in [4.78, 5) is 28.5. The summed E-state index contributed by atoms with van der Waals surface area (Å²) >= 11 is 13.9. The molecule has 0 radical (unpaired) electrons. The van der Waals surface area contributed by atoms with Gasteiger partial charge in [0.1, 0.15) is 11.5 Å². The van der Waals surface area contributed by atoms with Crippen molar-refractivity contribution in [1.82, 2.24) is 4.90 Å². The van der Waals surface area contributed by atoms with Gasteiger partial charge in [-0.05, 0) is 54.3 Å². The Balaban J connectivity index is 1.88. The summed E-state index contributed by atoms with van der Waals surface area (Å²) in [7, 11) is 0. The second-order valence-electron chi connectivity index (χ2n) is 7.13. The number of benzene rings is 2. The summed E-state index contributed by atoms with van der Waals surface area (Å²) in [5, 5.41) is 13.9. The lowest BCUT2D eigenvalue weighted by atomic mass is 9.95. The maximum absolute atomic E-state index is 13.1. The van der Waals surface area contributed by atoms with E-state index in [1.54, 1.807) is 42.5 Å². The quantitative estimate of drug-likeness (QED) is 0.260. The number of carbonyl (C=O) groups is 2. The molecule has 3 aromatic rings. The van der Waals surface area contributed by atoms with Crippen molar-refractivity contribution >= 4 is 52.0 Å².